The zero-order valence-corrected chi connectivity index (χ0v) is 12.6. The monoisotopic (exact) mass is 314 g/mol. The molecule has 0 amide bonds. The van der Waals surface area contributed by atoms with Crippen LogP contribution >= 0.6 is 0 Å². The molecule has 0 radical (unpaired) electrons. The number of sulfonamides is 1. The Hall–Kier alpha value is -1.41. The van der Waals surface area contributed by atoms with E-state index in [4.69, 9.17) is 4.52 Å². The summed E-state index contributed by atoms with van der Waals surface area (Å²) in [5, 5.41) is 13.2. The van der Waals surface area contributed by atoms with E-state index in [1.165, 1.54) is 4.31 Å². The van der Waals surface area contributed by atoms with E-state index in [2.05, 4.69) is 5.16 Å². The van der Waals surface area contributed by atoms with Crippen LogP contribution in [0, 0.1) is 18.3 Å². The van der Waals surface area contributed by atoms with Gasteiger partial charge in [0.2, 0.25) is 10.0 Å². The fourth-order valence-corrected chi connectivity index (χ4v) is 5.10. The molecule has 0 unspecified atom stereocenters. The van der Waals surface area contributed by atoms with Gasteiger partial charge in [0.05, 0.1) is 5.41 Å². The second kappa shape index (κ2) is 4.81. The summed E-state index contributed by atoms with van der Waals surface area (Å²) in [6.45, 7) is 2.07. The first-order chi connectivity index (χ1) is 9.83. The van der Waals surface area contributed by atoms with Crippen LogP contribution < -0.4 is 0 Å². The molecule has 0 spiro atoms. The first kappa shape index (κ1) is 14.5. The van der Waals surface area contributed by atoms with Crippen LogP contribution in [0.5, 0.6) is 0 Å². The predicted molar refractivity (Wildman–Crippen MR) is 72.8 cm³/mol. The van der Waals surface area contributed by atoms with Gasteiger partial charge in [-0.2, -0.15) is 0 Å². The van der Waals surface area contributed by atoms with Crippen molar-refractivity contribution in [3.63, 3.8) is 0 Å². The molecule has 1 saturated heterocycles. The molecule has 116 valence electrons. The van der Waals surface area contributed by atoms with Gasteiger partial charge in [-0.1, -0.05) is 11.6 Å². The molecule has 3 rings (SSSR count). The van der Waals surface area contributed by atoms with Crippen molar-refractivity contribution in [2.45, 2.75) is 31.9 Å². The zero-order valence-electron chi connectivity index (χ0n) is 11.8. The first-order valence-corrected chi connectivity index (χ1v) is 8.58. The molecule has 2 aliphatic rings. The highest BCUT2D eigenvalue weighted by atomic mass is 32.2. The molecule has 21 heavy (non-hydrogen) atoms. The summed E-state index contributed by atoms with van der Waals surface area (Å²) in [5.74, 6) is -0.642. The number of aliphatic carboxylic acids is 1. The van der Waals surface area contributed by atoms with Crippen LogP contribution in [0.2, 0.25) is 0 Å². The molecule has 1 aliphatic heterocycles. The zero-order chi connectivity index (χ0) is 15.3. The fourth-order valence-electron chi connectivity index (χ4n) is 3.57. The van der Waals surface area contributed by atoms with Gasteiger partial charge in [0.1, 0.15) is 17.2 Å². The summed E-state index contributed by atoms with van der Waals surface area (Å²) in [4.78, 5) is 11.6. The Morgan fingerprint density at radius 1 is 1.62 bits per heavy atom. The second-order valence-corrected chi connectivity index (χ2v) is 8.00. The van der Waals surface area contributed by atoms with Crippen LogP contribution in [-0.2, 0) is 20.6 Å². The van der Waals surface area contributed by atoms with Gasteiger partial charge in [0, 0.05) is 19.2 Å². The van der Waals surface area contributed by atoms with E-state index in [-0.39, 0.29) is 18.2 Å². The van der Waals surface area contributed by atoms with Crippen LogP contribution in [0.3, 0.4) is 0 Å². The van der Waals surface area contributed by atoms with Gasteiger partial charge < -0.3 is 9.63 Å². The third kappa shape index (κ3) is 2.36. The van der Waals surface area contributed by atoms with Crippen molar-refractivity contribution >= 4 is 16.0 Å². The minimum atomic E-state index is -3.57. The molecule has 8 heteroatoms. The summed E-state index contributed by atoms with van der Waals surface area (Å²) in [5.41, 5.74) is -0.541. The number of aryl methyl sites for hydroxylation is 1. The molecule has 1 aromatic heterocycles. The van der Waals surface area contributed by atoms with Crippen LogP contribution in [0.4, 0.5) is 0 Å². The lowest BCUT2D eigenvalue weighted by Crippen LogP contribution is -2.37. The highest BCUT2D eigenvalue weighted by molar-refractivity contribution is 7.88. The molecular formula is C13H18N2O5S. The van der Waals surface area contributed by atoms with E-state index < -0.39 is 21.4 Å². The normalized spacial score (nSPS) is 29.7. The quantitative estimate of drug-likeness (QED) is 0.889. The summed E-state index contributed by atoms with van der Waals surface area (Å²) >= 11 is 0. The minimum Gasteiger partial charge on any atom is -0.481 e. The van der Waals surface area contributed by atoms with Crippen molar-refractivity contribution in [2.75, 3.05) is 13.1 Å². The Morgan fingerprint density at radius 3 is 2.95 bits per heavy atom. The predicted octanol–water partition coefficient (Wildman–Crippen LogP) is 1.000. The fraction of sp³-hybridized carbons (Fsp3) is 0.692. The van der Waals surface area contributed by atoms with Gasteiger partial charge in [-0.05, 0) is 25.7 Å². The van der Waals surface area contributed by atoms with E-state index in [9.17, 15) is 18.3 Å². The van der Waals surface area contributed by atoms with Crippen molar-refractivity contribution in [1.82, 2.24) is 9.46 Å². The number of hydrogen-bond acceptors (Lipinski definition) is 5. The average Bonchev–Trinajstić information content (AvgIpc) is 3.01. The number of carboxylic acids is 1. The summed E-state index contributed by atoms with van der Waals surface area (Å²) in [6.07, 6.45) is 2.19. The Bertz CT molecular complexity index is 668. The van der Waals surface area contributed by atoms with Crippen molar-refractivity contribution in [2.24, 2.45) is 11.3 Å². The number of aromatic nitrogens is 1. The largest absolute Gasteiger partial charge is 0.481 e. The topological polar surface area (TPSA) is 101 Å². The molecule has 7 nitrogen and oxygen atoms in total. The molecule has 0 bridgehead atoms. The van der Waals surface area contributed by atoms with Gasteiger partial charge >= 0.3 is 5.97 Å². The van der Waals surface area contributed by atoms with Crippen LogP contribution in [0.1, 0.15) is 30.7 Å². The number of rotatable bonds is 4. The van der Waals surface area contributed by atoms with E-state index in [0.717, 1.165) is 12.8 Å². The number of fused-ring (bicyclic) bond motifs is 1. The van der Waals surface area contributed by atoms with Gasteiger partial charge in [0.15, 0.2) is 0 Å². The standard InChI is InChI=1S/C13H18N2O5S/c1-9-5-11(14-20-9)7-21(18,19)15-6-10-3-2-4-13(10,8-15)12(16)17/h5,10H,2-4,6-8H2,1H3,(H,16,17)/t10-,13+/m0/s1. The molecule has 1 saturated carbocycles. The molecule has 2 fully saturated rings. The Kier molecular flexibility index (Phi) is 3.32. The van der Waals surface area contributed by atoms with Gasteiger partial charge in [-0.15, -0.1) is 0 Å². The van der Waals surface area contributed by atoms with Gasteiger partial charge in [-0.25, -0.2) is 12.7 Å². The summed E-state index contributed by atoms with van der Waals surface area (Å²) in [6, 6.07) is 1.58. The maximum atomic E-state index is 12.5. The highest BCUT2D eigenvalue weighted by Crippen LogP contribution is 2.49. The van der Waals surface area contributed by atoms with E-state index in [0.29, 0.717) is 24.4 Å². The lowest BCUT2D eigenvalue weighted by Gasteiger charge is -2.23. The molecule has 0 aromatic carbocycles. The third-order valence-corrected chi connectivity index (χ3v) is 6.39. The Balaban J connectivity index is 1.80. The maximum Gasteiger partial charge on any atom is 0.311 e. The number of nitrogens with zero attached hydrogens (tertiary/aromatic N) is 2. The molecule has 2 atom stereocenters. The van der Waals surface area contributed by atoms with Gasteiger partial charge in [-0.3, -0.25) is 4.79 Å². The van der Waals surface area contributed by atoms with E-state index in [1.54, 1.807) is 13.0 Å². The highest BCUT2D eigenvalue weighted by Gasteiger charge is 2.57. The summed E-state index contributed by atoms with van der Waals surface area (Å²) < 4.78 is 31.1. The van der Waals surface area contributed by atoms with Crippen LogP contribution in [0.25, 0.3) is 0 Å². The van der Waals surface area contributed by atoms with Crippen molar-refractivity contribution < 1.29 is 22.8 Å². The molecule has 2 heterocycles. The van der Waals surface area contributed by atoms with Crippen LogP contribution in [0.15, 0.2) is 10.6 Å². The van der Waals surface area contributed by atoms with E-state index >= 15 is 0 Å². The Labute approximate surface area is 123 Å². The maximum absolute atomic E-state index is 12.5. The number of hydrogen-bond donors (Lipinski definition) is 1. The minimum absolute atomic E-state index is 0.0756. The summed E-state index contributed by atoms with van der Waals surface area (Å²) in [7, 11) is -3.57. The number of carbonyl (C=O) groups is 1. The van der Waals surface area contributed by atoms with Crippen LogP contribution in [-0.4, -0.2) is 42.0 Å². The number of carboxylic acid groups (broad SMARTS) is 1. The first-order valence-electron chi connectivity index (χ1n) is 6.97. The van der Waals surface area contributed by atoms with Gasteiger partial charge in [0.25, 0.3) is 0 Å². The lowest BCUT2D eigenvalue weighted by molar-refractivity contribution is -0.149. The third-order valence-electron chi connectivity index (χ3n) is 4.67. The average molecular weight is 314 g/mol. The van der Waals surface area contributed by atoms with E-state index in [1.807, 2.05) is 0 Å². The molecule has 1 aromatic rings. The Morgan fingerprint density at radius 2 is 2.38 bits per heavy atom. The lowest BCUT2D eigenvalue weighted by atomic mass is 9.81. The smallest absolute Gasteiger partial charge is 0.311 e. The van der Waals surface area contributed by atoms with Crippen molar-refractivity contribution in [1.29, 1.82) is 0 Å². The molecule has 1 N–H and O–H groups in total. The van der Waals surface area contributed by atoms with Crippen molar-refractivity contribution in [3.8, 4) is 0 Å². The SMILES string of the molecule is Cc1cc(CS(=O)(=O)N2C[C@@H]3CCC[C@@]3(C(=O)O)C2)no1. The molecular weight excluding hydrogens is 296 g/mol. The van der Waals surface area contributed by atoms with Crippen molar-refractivity contribution in [3.05, 3.63) is 17.5 Å². The second-order valence-electron chi connectivity index (χ2n) is 6.03. The molecule has 1 aliphatic carbocycles.